The highest BCUT2D eigenvalue weighted by molar-refractivity contribution is 6.00. The Bertz CT molecular complexity index is 1070. The van der Waals surface area contributed by atoms with Gasteiger partial charge in [0.2, 0.25) is 0 Å². The zero-order chi connectivity index (χ0) is 16.0. The Morgan fingerprint density at radius 3 is 2.61 bits per heavy atom. The van der Waals surface area contributed by atoms with Crippen molar-refractivity contribution in [3.63, 3.8) is 0 Å². The van der Waals surface area contributed by atoms with E-state index < -0.39 is 11.8 Å². The molecule has 4 aromatic rings. The quantitative estimate of drug-likeness (QED) is 0.582. The average Bonchev–Trinajstić information content (AvgIpc) is 2.99. The fourth-order valence-corrected chi connectivity index (χ4v) is 2.76. The van der Waals surface area contributed by atoms with Gasteiger partial charge in [-0.15, -0.1) is 0 Å². The van der Waals surface area contributed by atoms with Gasteiger partial charge in [-0.3, -0.25) is 5.10 Å². The van der Waals surface area contributed by atoms with Crippen molar-refractivity contribution in [3.05, 3.63) is 66.0 Å². The number of carboxylic acid groups (broad SMARTS) is 1. The number of nitrogens with one attached hydrogen (secondary N) is 1. The first-order valence-electron chi connectivity index (χ1n) is 7.03. The van der Waals surface area contributed by atoms with Gasteiger partial charge in [0.05, 0.1) is 11.3 Å². The van der Waals surface area contributed by atoms with E-state index in [1.807, 2.05) is 42.5 Å². The fourth-order valence-electron chi connectivity index (χ4n) is 2.76. The molecule has 5 heteroatoms. The second-order valence-corrected chi connectivity index (χ2v) is 5.32. The van der Waals surface area contributed by atoms with Crippen LogP contribution in [-0.4, -0.2) is 21.3 Å². The molecule has 0 bridgehead atoms. The lowest BCUT2D eigenvalue weighted by Crippen LogP contribution is -1.97. The van der Waals surface area contributed by atoms with Crippen molar-refractivity contribution in [2.45, 2.75) is 0 Å². The molecule has 0 saturated heterocycles. The first-order chi connectivity index (χ1) is 11.1. The fraction of sp³-hybridized carbons (Fsp3) is 0. The van der Waals surface area contributed by atoms with Crippen LogP contribution < -0.4 is 0 Å². The van der Waals surface area contributed by atoms with Crippen LogP contribution in [0.25, 0.3) is 32.9 Å². The molecule has 0 spiro atoms. The molecule has 0 aliphatic rings. The van der Waals surface area contributed by atoms with Crippen molar-refractivity contribution >= 4 is 27.6 Å². The number of hydrogen-bond acceptors (Lipinski definition) is 2. The highest BCUT2D eigenvalue weighted by Crippen LogP contribution is 2.30. The molecule has 2 N–H and O–H groups in total. The van der Waals surface area contributed by atoms with E-state index >= 15 is 0 Å². The smallest absolute Gasteiger partial charge is 0.335 e. The lowest BCUT2D eigenvalue weighted by Gasteiger charge is -2.03. The van der Waals surface area contributed by atoms with Gasteiger partial charge in [0.1, 0.15) is 5.52 Å². The summed E-state index contributed by atoms with van der Waals surface area (Å²) in [4.78, 5) is 11.1. The lowest BCUT2D eigenvalue weighted by atomic mass is 10.0. The lowest BCUT2D eigenvalue weighted by molar-refractivity contribution is 0.0696. The van der Waals surface area contributed by atoms with Gasteiger partial charge >= 0.3 is 5.97 Å². The maximum Gasteiger partial charge on any atom is 0.335 e. The molecule has 4 rings (SSSR count). The molecule has 0 saturated carbocycles. The Hall–Kier alpha value is -3.21. The summed E-state index contributed by atoms with van der Waals surface area (Å²) in [6.07, 6.45) is 0. The molecule has 1 aromatic heterocycles. The summed E-state index contributed by atoms with van der Waals surface area (Å²) in [6, 6.07) is 16.2. The first kappa shape index (κ1) is 13.5. The number of fused-ring (bicyclic) bond motifs is 2. The van der Waals surface area contributed by atoms with E-state index in [1.54, 1.807) is 0 Å². The summed E-state index contributed by atoms with van der Waals surface area (Å²) in [5.74, 6) is -1.82. The molecular formula is C18H11FN2O2. The highest BCUT2D eigenvalue weighted by Gasteiger charge is 2.15. The van der Waals surface area contributed by atoms with Crippen LogP contribution in [0, 0.1) is 5.82 Å². The molecule has 1 heterocycles. The summed E-state index contributed by atoms with van der Waals surface area (Å²) >= 11 is 0. The molecule has 0 amide bonds. The highest BCUT2D eigenvalue weighted by atomic mass is 19.1. The predicted molar refractivity (Wildman–Crippen MR) is 86.0 cm³/mol. The van der Waals surface area contributed by atoms with Gasteiger partial charge in [-0.1, -0.05) is 36.4 Å². The van der Waals surface area contributed by atoms with Crippen LogP contribution in [-0.2, 0) is 0 Å². The van der Waals surface area contributed by atoms with E-state index in [-0.39, 0.29) is 11.1 Å². The van der Waals surface area contributed by atoms with E-state index in [0.717, 1.165) is 22.4 Å². The number of hydrogen-bond donors (Lipinski definition) is 2. The molecule has 0 aliphatic carbocycles. The maximum atomic E-state index is 14.0. The molecule has 0 radical (unpaired) electrons. The molecular weight excluding hydrogens is 295 g/mol. The summed E-state index contributed by atoms with van der Waals surface area (Å²) in [6.45, 7) is 0. The Morgan fingerprint density at radius 1 is 1.04 bits per heavy atom. The molecule has 4 nitrogen and oxygen atoms in total. The van der Waals surface area contributed by atoms with E-state index in [1.165, 1.54) is 6.07 Å². The maximum absolute atomic E-state index is 14.0. The molecule has 23 heavy (non-hydrogen) atoms. The Kier molecular flexibility index (Phi) is 2.87. The summed E-state index contributed by atoms with van der Waals surface area (Å²) < 4.78 is 14.0. The number of aromatic amines is 1. The Morgan fingerprint density at radius 2 is 1.83 bits per heavy atom. The minimum absolute atomic E-state index is 0.0987. The van der Waals surface area contributed by atoms with Crippen LogP contribution in [0.1, 0.15) is 10.4 Å². The molecule has 0 unspecified atom stereocenters. The van der Waals surface area contributed by atoms with Crippen molar-refractivity contribution < 1.29 is 14.3 Å². The van der Waals surface area contributed by atoms with Gasteiger partial charge in [0.25, 0.3) is 0 Å². The Labute approximate surface area is 130 Å². The van der Waals surface area contributed by atoms with Gasteiger partial charge in [0, 0.05) is 10.9 Å². The number of nitrogens with zero attached hydrogens (tertiary/aromatic N) is 1. The third-order valence-corrected chi connectivity index (χ3v) is 3.90. The number of aromatic carboxylic acids is 1. The predicted octanol–water partition coefficient (Wildman–Crippen LogP) is 4.22. The van der Waals surface area contributed by atoms with E-state index in [2.05, 4.69) is 10.2 Å². The van der Waals surface area contributed by atoms with Crippen molar-refractivity contribution in [2.24, 2.45) is 0 Å². The van der Waals surface area contributed by atoms with Crippen LogP contribution in [0.15, 0.2) is 54.6 Å². The molecule has 0 aliphatic heterocycles. The van der Waals surface area contributed by atoms with Gasteiger partial charge in [0.15, 0.2) is 5.82 Å². The molecule has 3 aromatic carbocycles. The largest absolute Gasteiger partial charge is 0.478 e. The van der Waals surface area contributed by atoms with Gasteiger partial charge in [-0.05, 0) is 29.0 Å². The number of aromatic nitrogens is 2. The van der Waals surface area contributed by atoms with E-state index in [9.17, 15) is 9.18 Å². The third-order valence-electron chi connectivity index (χ3n) is 3.90. The molecule has 112 valence electrons. The zero-order valence-electron chi connectivity index (χ0n) is 11.9. The number of halogens is 1. The normalized spacial score (nSPS) is 11.2. The monoisotopic (exact) mass is 306 g/mol. The summed E-state index contributed by atoms with van der Waals surface area (Å²) in [5.41, 5.74) is 1.47. The molecule has 0 fully saturated rings. The van der Waals surface area contributed by atoms with Crippen LogP contribution in [0.3, 0.4) is 0 Å². The summed E-state index contributed by atoms with van der Waals surface area (Å²) in [7, 11) is 0. The average molecular weight is 306 g/mol. The molecule has 0 atom stereocenters. The summed E-state index contributed by atoms with van der Waals surface area (Å²) in [5, 5.41) is 18.5. The zero-order valence-corrected chi connectivity index (χ0v) is 11.9. The van der Waals surface area contributed by atoms with Crippen molar-refractivity contribution in [3.8, 4) is 11.3 Å². The second kappa shape index (κ2) is 4.91. The van der Waals surface area contributed by atoms with Gasteiger partial charge < -0.3 is 5.11 Å². The number of carboxylic acids is 1. The third kappa shape index (κ3) is 2.14. The van der Waals surface area contributed by atoms with Crippen molar-refractivity contribution in [1.82, 2.24) is 10.2 Å². The number of H-pyrrole nitrogens is 1. The minimum Gasteiger partial charge on any atom is -0.478 e. The van der Waals surface area contributed by atoms with Crippen LogP contribution >= 0.6 is 0 Å². The van der Waals surface area contributed by atoms with Crippen LogP contribution in [0.2, 0.25) is 0 Å². The van der Waals surface area contributed by atoms with Crippen LogP contribution in [0.5, 0.6) is 0 Å². The topological polar surface area (TPSA) is 66.0 Å². The van der Waals surface area contributed by atoms with Crippen LogP contribution in [0.4, 0.5) is 4.39 Å². The van der Waals surface area contributed by atoms with E-state index in [0.29, 0.717) is 11.1 Å². The number of benzene rings is 3. The SMILES string of the molecule is O=C(O)c1cc(F)c2n[nH]c(-c3ccc4ccccc4c3)c2c1. The van der Waals surface area contributed by atoms with Gasteiger partial charge in [-0.25, -0.2) is 9.18 Å². The second-order valence-electron chi connectivity index (χ2n) is 5.32. The Balaban J connectivity index is 1.98. The van der Waals surface area contributed by atoms with Crippen molar-refractivity contribution in [1.29, 1.82) is 0 Å². The minimum atomic E-state index is -1.17. The van der Waals surface area contributed by atoms with Gasteiger partial charge in [-0.2, -0.15) is 5.10 Å². The first-order valence-corrected chi connectivity index (χ1v) is 7.03. The number of carbonyl (C=O) groups is 1. The standard InChI is InChI=1S/C18H11FN2O2/c19-15-9-13(18(22)23)8-14-16(20-21-17(14)15)12-6-5-10-3-1-2-4-11(10)7-12/h1-9H,(H,20,21)(H,22,23). The number of rotatable bonds is 2. The van der Waals surface area contributed by atoms with Crippen molar-refractivity contribution in [2.75, 3.05) is 0 Å². The van der Waals surface area contributed by atoms with E-state index in [4.69, 9.17) is 5.11 Å².